The quantitative estimate of drug-likeness (QED) is 0.582. The molecular formula is C11H7NO. The van der Waals surface area contributed by atoms with Gasteiger partial charge in [0.25, 0.3) is 5.91 Å². The van der Waals surface area contributed by atoms with Gasteiger partial charge in [0.1, 0.15) is 0 Å². The van der Waals surface area contributed by atoms with Crippen molar-refractivity contribution in [1.82, 2.24) is 0 Å². The van der Waals surface area contributed by atoms with Gasteiger partial charge in [0.15, 0.2) is 0 Å². The zero-order valence-corrected chi connectivity index (χ0v) is 6.95. The third-order valence-corrected chi connectivity index (χ3v) is 2.47. The van der Waals surface area contributed by atoms with Crippen molar-refractivity contribution in [3.05, 3.63) is 41.0 Å². The van der Waals surface area contributed by atoms with Crippen LogP contribution in [0.3, 0.4) is 0 Å². The van der Waals surface area contributed by atoms with E-state index in [9.17, 15) is 4.79 Å². The fraction of sp³-hybridized carbons (Fsp3) is 0.0909. The molecule has 0 fully saturated rings. The van der Waals surface area contributed by atoms with Gasteiger partial charge in [-0.3, -0.25) is 4.79 Å². The average molecular weight is 169 g/mol. The van der Waals surface area contributed by atoms with Crippen molar-refractivity contribution in [1.29, 1.82) is 0 Å². The zero-order chi connectivity index (χ0) is 8.84. The Morgan fingerprint density at radius 2 is 2.08 bits per heavy atom. The first-order valence-electron chi connectivity index (χ1n) is 4.26. The standard InChI is InChI=1S/C11H7NO/c13-11-8-5-7-3-1-2-4-9(7)10(6-8)12-11/h1-5H,6H2. The van der Waals surface area contributed by atoms with Crippen LogP contribution in [0.25, 0.3) is 6.08 Å². The van der Waals surface area contributed by atoms with Crippen LogP contribution in [0.1, 0.15) is 17.5 Å². The van der Waals surface area contributed by atoms with Gasteiger partial charge < -0.3 is 0 Å². The minimum atomic E-state index is -0.0637. The molecule has 0 atom stereocenters. The second-order valence-corrected chi connectivity index (χ2v) is 3.30. The van der Waals surface area contributed by atoms with Crippen LogP contribution in [0.5, 0.6) is 0 Å². The van der Waals surface area contributed by atoms with E-state index in [-0.39, 0.29) is 5.91 Å². The molecule has 1 amide bonds. The highest BCUT2D eigenvalue weighted by molar-refractivity contribution is 6.24. The summed E-state index contributed by atoms with van der Waals surface area (Å²) < 4.78 is 0. The van der Waals surface area contributed by atoms with E-state index in [2.05, 4.69) is 4.99 Å². The molecule has 1 aliphatic carbocycles. The molecule has 0 aromatic heterocycles. The topological polar surface area (TPSA) is 29.4 Å². The Labute approximate surface area is 75.6 Å². The highest BCUT2D eigenvalue weighted by Crippen LogP contribution is 2.29. The van der Waals surface area contributed by atoms with E-state index in [0.29, 0.717) is 0 Å². The van der Waals surface area contributed by atoms with Crippen molar-refractivity contribution < 1.29 is 4.79 Å². The summed E-state index contributed by atoms with van der Waals surface area (Å²) in [4.78, 5) is 15.3. The van der Waals surface area contributed by atoms with E-state index in [0.717, 1.165) is 28.8 Å². The van der Waals surface area contributed by atoms with Crippen LogP contribution in [0.2, 0.25) is 0 Å². The lowest BCUT2D eigenvalue weighted by atomic mass is 9.93. The molecular weight excluding hydrogens is 162 g/mol. The highest BCUT2D eigenvalue weighted by atomic mass is 16.1. The summed E-state index contributed by atoms with van der Waals surface area (Å²) >= 11 is 0. The first-order chi connectivity index (χ1) is 6.34. The Morgan fingerprint density at radius 3 is 3.00 bits per heavy atom. The van der Waals surface area contributed by atoms with E-state index < -0.39 is 0 Å². The van der Waals surface area contributed by atoms with Crippen LogP contribution in [0.15, 0.2) is 34.8 Å². The fourth-order valence-corrected chi connectivity index (χ4v) is 1.83. The normalized spacial score (nSPS) is 18.0. The van der Waals surface area contributed by atoms with Crippen molar-refractivity contribution in [3.63, 3.8) is 0 Å². The molecule has 1 aromatic carbocycles. The first-order valence-corrected chi connectivity index (χ1v) is 4.26. The first kappa shape index (κ1) is 6.78. The molecule has 3 rings (SSSR count). The molecule has 2 aliphatic rings. The smallest absolute Gasteiger partial charge is 0.267 e. The summed E-state index contributed by atoms with van der Waals surface area (Å²) in [7, 11) is 0. The molecule has 0 saturated carbocycles. The maximum atomic E-state index is 11.3. The van der Waals surface area contributed by atoms with Gasteiger partial charge in [-0.25, -0.2) is 4.99 Å². The van der Waals surface area contributed by atoms with Gasteiger partial charge in [-0.05, 0) is 11.6 Å². The lowest BCUT2D eigenvalue weighted by Crippen LogP contribution is -2.03. The zero-order valence-electron chi connectivity index (χ0n) is 6.95. The number of hydrogen-bond donors (Lipinski definition) is 0. The van der Waals surface area contributed by atoms with Gasteiger partial charge >= 0.3 is 0 Å². The second-order valence-electron chi connectivity index (χ2n) is 3.30. The Balaban J connectivity index is 2.35. The predicted molar refractivity (Wildman–Crippen MR) is 50.6 cm³/mol. The summed E-state index contributed by atoms with van der Waals surface area (Å²) in [6, 6.07) is 7.98. The summed E-state index contributed by atoms with van der Waals surface area (Å²) in [6.07, 6.45) is 2.66. The molecule has 2 heteroatoms. The lowest BCUT2D eigenvalue weighted by Gasteiger charge is -2.09. The molecule has 62 valence electrons. The number of aliphatic imine (C=N–C) groups is 1. The fourth-order valence-electron chi connectivity index (χ4n) is 1.83. The lowest BCUT2D eigenvalue weighted by molar-refractivity contribution is -0.113. The molecule has 0 saturated heterocycles. The summed E-state index contributed by atoms with van der Waals surface area (Å²) in [5, 5.41) is 0. The average Bonchev–Trinajstić information content (AvgIpc) is 2.44. The molecule has 1 aromatic rings. The number of rotatable bonds is 0. The van der Waals surface area contributed by atoms with Crippen molar-refractivity contribution in [2.45, 2.75) is 6.42 Å². The molecule has 0 spiro atoms. The molecule has 1 aliphatic heterocycles. The van der Waals surface area contributed by atoms with Crippen molar-refractivity contribution in [2.75, 3.05) is 0 Å². The highest BCUT2D eigenvalue weighted by Gasteiger charge is 2.26. The number of hydrogen-bond acceptors (Lipinski definition) is 1. The van der Waals surface area contributed by atoms with Crippen LogP contribution in [0, 0.1) is 0 Å². The summed E-state index contributed by atoms with van der Waals surface area (Å²) in [5.41, 5.74) is 3.98. The van der Waals surface area contributed by atoms with Crippen LogP contribution < -0.4 is 0 Å². The van der Waals surface area contributed by atoms with Gasteiger partial charge in [0.05, 0.1) is 5.71 Å². The molecule has 13 heavy (non-hydrogen) atoms. The monoisotopic (exact) mass is 169 g/mol. The third kappa shape index (κ3) is 0.827. The molecule has 1 heterocycles. The number of nitrogens with zero attached hydrogens (tertiary/aromatic N) is 1. The van der Waals surface area contributed by atoms with Crippen molar-refractivity contribution in [2.24, 2.45) is 4.99 Å². The van der Waals surface area contributed by atoms with Crippen molar-refractivity contribution in [3.8, 4) is 0 Å². The van der Waals surface area contributed by atoms with Crippen LogP contribution >= 0.6 is 0 Å². The van der Waals surface area contributed by atoms with Crippen molar-refractivity contribution >= 4 is 17.7 Å². The second kappa shape index (κ2) is 2.16. The molecule has 0 radical (unpaired) electrons. The largest absolute Gasteiger partial charge is 0.273 e. The van der Waals surface area contributed by atoms with Gasteiger partial charge in [-0.15, -0.1) is 0 Å². The van der Waals surface area contributed by atoms with Gasteiger partial charge in [0.2, 0.25) is 0 Å². The SMILES string of the molecule is O=C1N=C2CC1=Cc1ccccc12. The minimum absolute atomic E-state index is 0.0637. The Kier molecular flexibility index (Phi) is 1.13. The Bertz CT molecular complexity index is 469. The number of carbonyl (C=O) groups excluding carboxylic acids is 1. The van der Waals surface area contributed by atoms with E-state index in [4.69, 9.17) is 0 Å². The summed E-state index contributed by atoms with van der Waals surface area (Å²) in [6.45, 7) is 0. The maximum Gasteiger partial charge on any atom is 0.273 e. The van der Waals surface area contributed by atoms with Gasteiger partial charge in [0, 0.05) is 17.6 Å². The molecule has 0 unspecified atom stereocenters. The van der Waals surface area contributed by atoms with E-state index in [1.165, 1.54) is 0 Å². The van der Waals surface area contributed by atoms with Gasteiger partial charge in [-0.1, -0.05) is 24.3 Å². The predicted octanol–water partition coefficient (Wildman–Crippen LogP) is 1.80. The molecule has 0 N–H and O–H groups in total. The van der Waals surface area contributed by atoms with Gasteiger partial charge in [-0.2, -0.15) is 0 Å². The molecule has 2 bridgehead atoms. The maximum absolute atomic E-state index is 11.3. The van der Waals surface area contributed by atoms with Crippen LogP contribution in [-0.2, 0) is 4.79 Å². The Morgan fingerprint density at radius 1 is 1.23 bits per heavy atom. The van der Waals surface area contributed by atoms with Crippen LogP contribution in [-0.4, -0.2) is 11.6 Å². The minimum Gasteiger partial charge on any atom is -0.267 e. The van der Waals surface area contributed by atoms with E-state index in [1.54, 1.807) is 0 Å². The van der Waals surface area contributed by atoms with Crippen LogP contribution in [0.4, 0.5) is 0 Å². The number of amides is 1. The Hall–Kier alpha value is -1.70. The number of carbonyl (C=O) groups is 1. The van der Waals surface area contributed by atoms with E-state index >= 15 is 0 Å². The molecule has 2 nitrogen and oxygen atoms in total. The summed E-state index contributed by atoms with van der Waals surface area (Å²) in [5.74, 6) is -0.0637. The number of benzene rings is 1. The number of fused-ring (bicyclic) bond motifs is 4. The van der Waals surface area contributed by atoms with E-state index in [1.807, 2.05) is 30.3 Å². The third-order valence-electron chi connectivity index (χ3n) is 2.47.